The lowest BCUT2D eigenvalue weighted by Gasteiger charge is -2.22. The Morgan fingerprint density at radius 3 is 3.00 bits per heavy atom. The highest BCUT2D eigenvalue weighted by Crippen LogP contribution is 2.21. The van der Waals surface area contributed by atoms with Gasteiger partial charge in [0.25, 0.3) is 0 Å². The predicted octanol–water partition coefficient (Wildman–Crippen LogP) is 2.11. The Morgan fingerprint density at radius 2 is 2.21 bits per heavy atom. The second-order valence-corrected chi connectivity index (χ2v) is 4.76. The van der Waals surface area contributed by atoms with Gasteiger partial charge in [0.15, 0.2) is 0 Å². The van der Waals surface area contributed by atoms with Crippen LogP contribution in [0, 0.1) is 5.92 Å². The minimum Gasteiger partial charge on any atom is -0.477 e. The smallest absolute Gasteiger partial charge is 0.216 e. The zero-order valence-corrected chi connectivity index (χ0v) is 10.7. The summed E-state index contributed by atoms with van der Waals surface area (Å²) in [6.07, 6.45) is 7.16. The Labute approximate surface area is 112 Å². The van der Waals surface area contributed by atoms with Crippen LogP contribution in [0.3, 0.4) is 0 Å². The summed E-state index contributed by atoms with van der Waals surface area (Å²) in [5, 5.41) is 3.35. The van der Waals surface area contributed by atoms with Crippen LogP contribution in [0.1, 0.15) is 12.8 Å². The highest BCUT2D eigenvalue weighted by atomic mass is 16.5. The largest absolute Gasteiger partial charge is 0.477 e. The standard InChI is InChI=1S/C14H17N3O2/c1-4-15-5-2-11(1)8-19-14-7-13(16-10-17-14)12-3-6-18-9-12/h3,6-7,9-11,15H,1-2,4-5,8H2. The summed E-state index contributed by atoms with van der Waals surface area (Å²) in [7, 11) is 0. The molecule has 0 amide bonds. The zero-order chi connectivity index (χ0) is 12.9. The molecule has 5 nitrogen and oxygen atoms in total. The van der Waals surface area contributed by atoms with Crippen LogP contribution in [0.2, 0.25) is 0 Å². The van der Waals surface area contributed by atoms with E-state index in [0.717, 1.165) is 31.0 Å². The van der Waals surface area contributed by atoms with Gasteiger partial charge >= 0.3 is 0 Å². The van der Waals surface area contributed by atoms with Gasteiger partial charge in [0.05, 0.1) is 24.8 Å². The molecule has 1 aliphatic rings. The van der Waals surface area contributed by atoms with Gasteiger partial charge in [-0.05, 0) is 37.9 Å². The molecule has 0 unspecified atom stereocenters. The molecule has 0 bridgehead atoms. The van der Waals surface area contributed by atoms with E-state index in [0.29, 0.717) is 11.8 Å². The van der Waals surface area contributed by atoms with Gasteiger partial charge in [0.1, 0.15) is 6.33 Å². The molecule has 1 N–H and O–H groups in total. The van der Waals surface area contributed by atoms with E-state index in [9.17, 15) is 0 Å². The lowest BCUT2D eigenvalue weighted by molar-refractivity contribution is 0.209. The van der Waals surface area contributed by atoms with Crippen molar-refractivity contribution in [2.75, 3.05) is 19.7 Å². The minimum atomic E-state index is 0.619. The van der Waals surface area contributed by atoms with E-state index in [2.05, 4.69) is 15.3 Å². The number of nitrogens with one attached hydrogen (secondary N) is 1. The third-order valence-corrected chi connectivity index (χ3v) is 3.38. The van der Waals surface area contributed by atoms with Crippen molar-refractivity contribution in [1.29, 1.82) is 0 Å². The molecule has 0 saturated carbocycles. The van der Waals surface area contributed by atoms with E-state index in [1.807, 2.05) is 12.1 Å². The summed E-state index contributed by atoms with van der Waals surface area (Å²) in [5.41, 5.74) is 1.76. The number of rotatable bonds is 4. The Balaban J connectivity index is 1.63. The van der Waals surface area contributed by atoms with E-state index in [-0.39, 0.29) is 0 Å². The maximum absolute atomic E-state index is 5.77. The molecule has 1 saturated heterocycles. The fourth-order valence-corrected chi connectivity index (χ4v) is 2.24. The highest BCUT2D eigenvalue weighted by Gasteiger charge is 2.14. The van der Waals surface area contributed by atoms with Gasteiger partial charge in [-0.1, -0.05) is 0 Å². The van der Waals surface area contributed by atoms with Gasteiger partial charge in [0.2, 0.25) is 5.88 Å². The molecule has 19 heavy (non-hydrogen) atoms. The number of furan rings is 1. The number of hydrogen-bond donors (Lipinski definition) is 1. The molecule has 1 aliphatic heterocycles. The Hall–Kier alpha value is -1.88. The molecule has 100 valence electrons. The number of ether oxygens (including phenoxy) is 1. The minimum absolute atomic E-state index is 0.619. The molecule has 0 spiro atoms. The molecule has 3 heterocycles. The molecule has 2 aromatic rings. The molecule has 2 aromatic heterocycles. The summed E-state index contributed by atoms with van der Waals surface area (Å²) < 4.78 is 10.8. The van der Waals surface area contributed by atoms with E-state index in [1.165, 1.54) is 19.2 Å². The predicted molar refractivity (Wildman–Crippen MR) is 70.8 cm³/mol. The number of hydrogen-bond acceptors (Lipinski definition) is 5. The lowest BCUT2D eigenvalue weighted by atomic mass is 9.99. The normalized spacial score (nSPS) is 16.4. The van der Waals surface area contributed by atoms with Crippen LogP contribution in [0.5, 0.6) is 5.88 Å². The molecule has 0 aliphatic carbocycles. The van der Waals surface area contributed by atoms with Crippen molar-refractivity contribution in [2.45, 2.75) is 12.8 Å². The van der Waals surface area contributed by atoms with Gasteiger partial charge in [-0.25, -0.2) is 9.97 Å². The first kappa shape index (κ1) is 12.2. The molecular weight excluding hydrogens is 242 g/mol. The van der Waals surface area contributed by atoms with Crippen LogP contribution in [-0.2, 0) is 0 Å². The van der Waals surface area contributed by atoms with Gasteiger partial charge in [-0.2, -0.15) is 0 Å². The first-order valence-electron chi connectivity index (χ1n) is 6.60. The van der Waals surface area contributed by atoms with Crippen molar-refractivity contribution in [3.8, 4) is 17.1 Å². The summed E-state index contributed by atoms with van der Waals surface area (Å²) in [6, 6.07) is 3.73. The van der Waals surface area contributed by atoms with Crippen molar-refractivity contribution >= 4 is 0 Å². The third-order valence-electron chi connectivity index (χ3n) is 3.38. The van der Waals surface area contributed by atoms with Crippen molar-refractivity contribution < 1.29 is 9.15 Å². The second-order valence-electron chi connectivity index (χ2n) is 4.76. The maximum atomic E-state index is 5.77. The SMILES string of the molecule is c1nc(OCC2CCNCC2)cc(-c2ccoc2)n1. The average molecular weight is 259 g/mol. The van der Waals surface area contributed by atoms with Crippen LogP contribution < -0.4 is 10.1 Å². The molecular formula is C14H17N3O2. The fourth-order valence-electron chi connectivity index (χ4n) is 2.24. The second kappa shape index (κ2) is 5.84. The summed E-state index contributed by atoms with van der Waals surface area (Å²) >= 11 is 0. The maximum Gasteiger partial charge on any atom is 0.216 e. The topological polar surface area (TPSA) is 60.2 Å². The summed E-state index contributed by atoms with van der Waals surface area (Å²) in [4.78, 5) is 8.37. The van der Waals surface area contributed by atoms with Crippen LogP contribution >= 0.6 is 0 Å². The Kier molecular flexibility index (Phi) is 3.74. The van der Waals surface area contributed by atoms with Gasteiger partial charge in [-0.3, -0.25) is 0 Å². The van der Waals surface area contributed by atoms with Crippen molar-refractivity contribution in [3.05, 3.63) is 31.0 Å². The van der Waals surface area contributed by atoms with Crippen LogP contribution in [0.15, 0.2) is 35.4 Å². The van der Waals surface area contributed by atoms with E-state index in [1.54, 1.807) is 12.5 Å². The number of nitrogens with zero attached hydrogens (tertiary/aromatic N) is 2. The van der Waals surface area contributed by atoms with E-state index >= 15 is 0 Å². The Bertz CT molecular complexity index is 507. The van der Waals surface area contributed by atoms with Gasteiger partial charge in [0, 0.05) is 11.6 Å². The van der Waals surface area contributed by atoms with Crippen molar-refractivity contribution in [1.82, 2.24) is 15.3 Å². The lowest BCUT2D eigenvalue weighted by Crippen LogP contribution is -2.30. The van der Waals surface area contributed by atoms with Crippen molar-refractivity contribution in [2.24, 2.45) is 5.92 Å². The summed E-state index contributed by atoms with van der Waals surface area (Å²) in [5.74, 6) is 1.25. The highest BCUT2D eigenvalue weighted by molar-refractivity contribution is 5.57. The van der Waals surface area contributed by atoms with Crippen LogP contribution in [0.4, 0.5) is 0 Å². The molecule has 5 heteroatoms. The van der Waals surface area contributed by atoms with Crippen LogP contribution in [-0.4, -0.2) is 29.7 Å². The molecule has 0 radical (unpaired) electrons. The fraction of sp³-hybridized carbons (Fsp3) is 0.429. The summed E-state index contributed by atoms with van der Waals surface area (Å²) in [6.45, 7) is 2.89. The number of piperidine rings is 1. The third kappa shape index (κ3) is 3.12. The van der Waals surface area contributed by atoms with E-state index < -0.39 is 0 Å². The van der Waals surface area contributed by atoms with Gasteiger partial charge < -0.3 is 14.5 Å². The van der Waals surface area contributed by atoms with Crippen LogP contribution in [0.25, 0.3) is 11.3 Å². The molecule has 3 rings (SSSR count). The molecule has 1 fully saturated rings. The monoisotopic (exact) mass is 259 g/mol. The zero-order valence-electron chi connectivity index (χ0n) is 10.7. The first-order chi connectivity index (χ1) is 9.42. The average Bonchev–Trinajstić information content (AvgIpc) is 3.01. The molecule has 0 aromatic carbocycles. The Morgan fingerprint density at radius 1 is 1.32 bits per heavy atom. The first-order valence-corrected chi connectivity index (χ1v) is 6.60. The van der Waals surface area contributed by atoms with Gasteiger partial charge in [-0.15, -0.1) is 0 Å². The van der Waals surface area contributed by atoms with Crippen molar-refractivity contribution in [3.63, 3.8) is 0 Å². The number of aromatic nitrogens is 2. The quantitative estimate of drug-likeness (QED) is 0.911. The molecule has 0 atom stereocenters. The van der Waals surface area contributed by atoms with E-state index in [4.69, 9.17) is 9.15 Å².